The van der Waals surface area contributed by atoms with Crippen LogP contribution in [0.4, 0.5) is 5.69 Å². The van der Waals surface area contributed by atoms with Gasteiger partial charge in [0.15, 0.2) is 0 Å². The average molecular weight is 374 g/mol. The second-order valence-corrected chi connectivity index (χ2v) is 7.23. The van der Waals surface area contributed by atoms with Crippen LogP contribution in [0.25, 0.3) is 11.4 Å². The average Bonchev–Trinajstić information content (AvgIpc) is 3.09. The Kier molecular flexibility index (Phi) is 4.78. The number of aryl methyl sites for hydroxylation is 1. The SMILES string of the molecule is Cc1cccc(-c2noc(CNS(=O)(=O)c3cccc([N+](=O)[O-])c3)n2)c1. The highest BCUT2D eigenvalue weighted by Crippen LogP contribution is 2.19. The predicted molar refractivity (Wildman–Crippen MR) is 91.6 cm³/mol. The van der Waals surface area contributed by atoms with Gasteiger partial charge in [0.1, 0.15) is 0 Å². The number of nitro groups is 1. The third-order valence-corrected chi connectivity index (χ3v) is 4.90. The number of hydrogen-bond acceptors (Lipinski definition) is 7. The van der Waals surface area contributed by atoms with Gasteiger partial charge in [0.05, 0.1) is 16.4 Å². The maximum absolute atomic E-state index is 12.3. The van der Waals surface area contributed by atoms with E-state index in [-0.39, 0.29) is 23.0 Å². The number of sulfonamides is 1. The van der Waals surface area contributed by atoms with Crippen LogP contribution in [-0.2, 0) is 16.6 Å². The highest BCUT2D eigenvalue weighted by atomic mass is 32.2. The zero-order chi connectivity index (χ0) is 18.7. The summed E-state index contributed by atoms with van der Waals surface area (Å²) < 4.78 is 31.9. The first-order chi connectivity index (χ1) is 12.3. The maximum Gasteiger partial charge on any atom is 0.270 e. The Bertz CT molecular complexity index is 1060. The number of benzene rings is 2. The van der Waals surface area contributed by atoms with Gasteiger partial charge in [0, 0.05) is 17.7 Å². The molecule has 3 aromatic rings. The van der Waals surface area contributed by atoms with Gasteiger partial charge in [-0.05, 0) is 19.1 Å². The first kappa shape index (κ1) is 17.7. The summed E-state index contributed by atoms with van der Waals surface area (Å²) in [7, 11) is -3.96. The quantitative estimate of drug-likeness (QED) is 0.518. The highest BCUT2D eigenvalue weighted by molar-refractivity contribution is 7.89. The van der Waals surface area contributed by atoms with Crippen LogP contribution >= 0.6 is 0 Å². The van der Waals surface area contributed by atoms with E-state index in [9.17, 15) is 18.5 Å². The first-order valence-electron chi connectivity index (χ1n) is 7.49. The molecule has 9 nitrogen and oxygen atoms in total. The topological polar surface area (TPSA) is 128 Å². The summed E-state index contributed by atoms with van der Waals surface area (Å²) in [4.78, 5) is 14.1. The van der Waals surface area contributed by atoms with Gasteiger partial charge < -0.3 is 4.52 Å². The van der Waals surface area contributed by atoms with Gasteiger partial charge in [-0.2, -0.15) is 4.98 Å². The fraction of sp³-hybridized carbons (Fsp3) is 0.125. The minimum Gasteiger partial charge on any atom is -0.338 e. The number of nitrogens with one attached hydrogen (secondary N) is 1. The molecule has 0 radical (unpaired) electrons. The molecule has 0 amide bonds. The molecule has 10 heteroatoms. The van der Waals surface area contributed by atoms with Crippen LogP contribution < -0.4 is 4.72 Å². The van der Waals surface area contributed by atoms with Gasteiger partial charge in [0.25, 0.3) is 5.69 Å². The molecule has 0 unspecified atom stereocenters. The number of rotatable bonds is 6. The molecule has 26 heavy (non-hydrogen) atoms. The summed E-state index contributed by atoms with van der Waals surface area (Å²) in [6.07, 6.45) is 0. The lowest BCUT2D eigenvalue weighted by molar-refractivity contribution is -0.385. The second kappa shape index (κ2) is 7.02. The molecule has 0 saturated heterocycles. The van der Waals surface area contributed by atoms with E-state index < -0.39 is 14.9 Å². The molecule has 2 aromatic carbocycles. The molecule has 1 heterocycles. The third kappa shape index (κ3) is 3.92. The monoisotopic (exact) mass is 374 g/mol. The molecule has 134 valence electrons. The van der Waals surface area contributed by atoms with Crippen molar-refractivity contribution in [1.29, 1.82) is 0 Å². The lowest BCUT2D eigenvalue weighted by Crippen LogP contribution is -2.23. The second-order valence-electron chi connectivity index (χ2n) is 5.46. The van der Waals surface area contributed by atoms with E-state index in [1.165, 1.54) is 18.2 Å². The van der Waals surface area contributed by atoms with E-state index >= 15 is 0 Å². The number of hydrogen-bond donors (Lipinski definition) is 1. The Labute approximate surface area is 148 Å². The van der Waals surface area contributed by atoms with E-state index in [1.54, 1.807) is 0 Å². The van der Waals surface area contributed by atoms with Gasteiger partial charge in [-0.25, -0.2) is 13.1 Å². The van der Waals surface area contributed by atoms with Gasteiger partial charge >= 0.3 is 0 Å². The summed E-state index contributed by atoms with van der Waals surface area (Å²) in [6.45, 7) is 1.70. The smallest absolute Gasteiger partial charge is 0.270 e. The van der Waals surface area contributed by atoms with E-state index in [0.29, 0.717) is 5.82 Å². The first-order valence-corrected chi connectivity index (χ1v) is 8.97. The molecule has 1 aromatic heterocycles. The molecule has 0 atom stereocenters. The number of nitrogens with zero attached hydrogens (tertiary/aromatic N) is 3. The number of nitro benzene ring substituents is 1. The van der Waals surface area contributed by atoms with Crippen molar-refractivity contribution in [2.75, 3.05) is 0 Å². The van der Waals surface area contributed by atoms with Gasteiger partial charge in [-0.3, -0.25) is 10.1 Å². The normalized spacial score (nSPS) is 11.4. The zero-order valence-corrected chi connectivity index (χ0v) is 14.4. The molecule has 1 N–H and O–H groups in total. The van der Waals surface area contributed by atoms with Crippen LogP contribution in [0.15, 0.2) is 57.9 Å². The Morgan fingerprint density at radius 3 is 2.69 bits per heavy atom. The fourth-order valence-corrected chi connectivity index (χ4v) is 3.25. The minimum atomic E-state index is -3.96. The molecule has 0 spiro atoms. The Balaban J connectivity index is 1.74. The van der Waals surface area contributed by atoms with Crippen LogP contribution in [0.3, 0.4) is 0 Å². The lowest BCUT2D eigenvalue weighted by Gasteiger charge is -2.04. The van der Waals surface area contributed by atoms with Crippen molar-refractivity contribution in [1.82, 2.24) is 14.9 Å². The molecule has 0 fully saturated rings. The lowest BCUT2D eigenvalue weighted by atomic mass is 10.1. The van der Waals surface area contributed by atoms with Crippen LogP contribution in [0.1, 0.15) is 11.5 Å². The highest BCUT2D eigenvalue weighted by Gasteiger charge is 2.19. The molecular weight excluding hydrogens is 360 g/mol. The van der Waals surface area contributed by atoms with Crippen molar-refractivity contribution in [2.24, 2.45) is 0 Å². The van der Waals surface area contributed by atoms with Crippen molar-refractivity contribution < 1.29 is 17.9 Å². The summed E-state index contributed by atoms with van der Waals surface area (Å²) >= 11 is 0. The van der Waals surface area contributed by atoms with E-state index in [2.05, 4.69) is 14.9 Å². The van der Waals surface area contributed by atoms with Crippen molar-refractivity contribution in [3.8, 4) is 11.4 Å². The van der Waals surface area contributed by atoms with E-state index in [0.717, 1.165) is 17.2 Å². The molecule has 0 saturated carbocycles. The molecular formula is C16H14N4O5S. The Hall–Kier alpha value is -3.11. The third-order valence-electron chi connectivity index (χ3n) is 3.50. The standard InChI is InChI=1S/C16H14N4O5S/c1-11-4-2-5-12(8-11)16-18-15(25-19-16)10-17-26(23,24)14-7-3-6-13(9-14)20(21)22/h2-9,17H,10H2,1H3. The van der Waals surface area contributed by atoms with Gasteiger partial charge in [-0.15, -0.1) is 0 Å². The van der Waals surface area contributed by atoms with Gasteiger partial charge in [-0.1, -0.05) is 35.0 Å². The molecule has 0 aliphatic rings. The number of non-ortho nitro benzene ring substituents is 1. The molecule has 0 bridgehead atoms. The van der Waals surface area contributed by atoms with Crippen LogP contribution in [-0.4, -0.2) is 23.5 Å². The van der Waals surface area contributed by atoms with Crippen LogP contribution in [0.5, 0.6) is 0 Å². The fourth-order valence-electron chi connectivity index (χ4n) is 2.23. The van der Waals surface area contributed by atoms with Crippen molar-refractivity contribution in [2.45, 2.75) is 18.4 Å². The summed E-state index contributed by atoms with van der Waals surface area (Å²) in [6, 6.07) is 12.2. The summed E-state index contributed by atoms with van der Waals surface area (Å²) in [5, 5.41) is 14.6. The van der Waals surface area contributed by atoms with E-state index in [4.69, 9.17) is 4.52 Å². The van der Waals surface area contributed by atoms with Gasteiger partial charge in [0.2, 0.25) is 21.7 Å². The summed E-state index contributed by atoms with van der Waals surface area (Å²) in [5.74, 6) is 0.425. The molecule has 3 rings (SSSR count). The van der Waals surface area contributed by atoms with Crippen LogP contribution in [0.2, 0.25) is 0 Å². The van der Waals surface area contributed by atoms with E-state index in [1.807, 2.05) is 31.2 Å². The minimum absolute atomic E-state index is 0.0792. The zero-order valence-electron chi connectivity index (χ0n) is 13.6. The largest absolute Gasteiger partial charge is 0.338 e. The van der Waals surface area contributed by atoms with Crippen molar-refractivity contribution in [3.05, 3.63) is 70.1 Å². The van der Waals surface area contributed by atoms with Crippen LogP contribution in [0, 0.1) is 17.0 Å². The van der Waals surface area contributed by atoms with Crippen molar-refractivity contribution >= 4 is 15.7 Å². The molecule has 0 aliphatic carbocycles. The van der Waals surface area contributed by atoms with Crippen molar-refractivity contribution in [3.63, 3.8) is 0 Å². The number of aromatic nitrogens is 2. The predicted octanol–water partition coefficient (Wildman–Crippen LogP) is 2.43. The Morgan fingerprint density at radius 1 is 1.19 bits per heavy atom. The summed E-state index contributed by atoms with van der Waals surface area (Å²) in [5.41, 5.74) is 1.47. The maximum atomic E-state index is 12.3. The molecule has 0 aliphatic heterocycles. The Morgan fingerprint density at radius 2 is 1.96 bits per heavy atom.